The number of hydrazone groups is 1. The first-order chi connectivity index (χ1) is 13.3. The Kier molecular flexibility index (Phi) is 5.70. The lowest BCUT2D eigenvalue weighted by atomic mass is 10.2. The van der Waals surface area contributed by atoms with E-state index < -0.39 is 14.9 Å². The molecular formula is C16H14N6O4S2. The van der Waals surface area contributed by atoms with Crippen molar-refractivity contribution in [2.75, 3.05) is 0 Å². The standard InChI is InChI=1S/C16H14N6O4S2/c1-11-18-16(20-19-11)27-15-8-7-12(9-14(15)22(23)24)10-17-21-28(25,26)13-5-3-2-4-6-13/h2-10,21H,1H3,(H,18,19,20)/b17-10-. The molecule has 144 valence electrons. The van der Waals surface area contributed by atoms with Crippen molar-refractivity contribution in [2.24, 2.45) is 5.10 Å². The van der Waals surface area contributed by atoms with E-state index in [4.69, 9.17) is 0 Å². The van der Waals surface area contributed by atoms with Gasteiger partial charge in [-0.25, -0.2) is 9.82 Å². The third-order valence-corrected chi connectivity index (χ3v) is 5.57. The molecule has 12 heteroatoms. The van der Waals surface area contributed by atoms with Crippen molar-refractivity contribution in [3.05, 3.63) is 70.0 Å². The highest BCUT2D eigenvalue weighted by Gasteiger charge is 2.17. The summed E-state index contributed by atoms with van der Waals surface area (Å²) in [5.41, 5.74) is 0.195. The number of benzene rings is 2. The van der Waals surface area contributed by atoms with Gasteiger partial charge in [-0.2, -0.15) is 13.5 Å². The molecule has 10 nitrogen and oxygen atoms in total. The Bertz CT molecular complexity index is 1130. The van der Waals surface area contributed by atoms with Gasteiger partial charge in [-0.15, -0.1) is 5.10 Å². The molecule has 0 amide bonds. The Hall–Kier alpha value is -3.25. The first kappa shape index (κ1) is 19.5. The van der Waals surface area contributed by atoms with Crippen LogP contribution in [0.15, 0.2) is 68.6 Å². The summed E-state index contributed by atoms with van der Waals surface area (Å²) >= 11 is 1.05. The number of nitrogens with one attached hydrogen (secondary N) is 2. The van der Waals surface area contributed by atoms with Crippen molar-refractivity contribution in [1.29, 1.82) is 0 Å². The normalized spacial score (nSPS) is 11.6. The third-order valence-electron chi connectivity index (χ3n) is 3.40. The van der Waals surface area contributed by atoms with Crippen molar-refractivity contribution in [1.82, 2.24) is 20.0 Å². The van der Waals surface area contributed by atoms with Gasteiger partial charge in [0.15, 0.2) is 0 Å². The van der Waals surface area contributed by atoms with Crippen molar-refractivity contribution in [3.8, 4) is 0 Å². The van der Waals surface area contributed by atoms with E-state index in [0.717, 1.165) is 11.8 Å². The number of hydrogen-bond donors (Lipinski definition) is 2. The van der Waals surface area contributed by atoms with E-state index in [1.54, 1.807) is 31.2 Å². The zero-order valence-electron chi connectivity index (χ0n) is 14.4. The molecule has 1 aromatic heterocycles. The minimum Gasteiger partial charge on any atom is -0.262 e. The van der Waals surface area contributed by atoms with Gasteiger partial charge in [0.2, 0.25) is 5.16 Å². The van der Waals surface area contributed by atoms with Crippen LogP contribution in [-0.2, 0) is 10.0 Å². The molecule has 0 saturated carbocycles. The number of rotatable bonds is 7. The summed E-state index contributed by atoms with van der Waals surface area (Å²) in [4.78, 5) is 17.4. The van der Waals surface area contributed by atoms with E-state index in [0.29, 0.717) is 21.4 Å². The molecule has 3 aromatic rings. The average Bonchev–Trinajstić information content (AvgIpc) is 3.08. The Balaban J connectivity index is 1.78. The van der Waals surface area contributed by atoms with Gasteiger partial charge in [0, 0.05) is 11.6 Å². The Morgan fingerprint density at radius 2 is 2.00 bits per heavy atom. The minimum atomic E-state index is -3.81. The van der Waals surface area contributed by atoms with Gasteiger partial charge >= 0.3 is 0 Å². The topological polar surface area (TPSA) is 143 Å². The molecule has 0 atom stereocenters. The highest BCUT2D eigenvalue weighted by molar-refractivity contribution is 7.99. The van der Waals surface area contributed by atoms with Gasteiger partial charge in [0.25, 0.3) is 15.7 Å². The molecule has 0 bridgehead atoms. The number of nitro benzene ring substituents is 1. The molecule has 0 unspecified atom stereocenters. The van der Waals surface area contributed by atoms with Crippen LogP contribution in [0.2, 0.25) is 0 Å². The SMILES string of the molecule is Cc1nc(Sc2ccc(/C=N\NS(=O)(=O)c3ccccc3)cc2[N+](=O)[O-])n[nH]1. The highest BCUT2D eigenvalue weighted by Crippen LogP contribution is 2.33. The van der Waals surface area contributed by atoms with E-state index in [2.05, 4.69) is 25.1 Å². The van der Waals surface area contributed by atoms with Crippen molar-refractivity contribution < 1.29 is 13.3 Å². The number of aromatic nitrogens is 3. The molecule has 0 aliphatic heterocycles. The maximum Gasteiger partial charge on any atom is 0.283 e. The summed E-state index contributed by atoms with van der Waals surface area (Å²) < 4.78 is 24.2. The summed E-state index contributed by atoms with van der Waals surface area (Å²) in [6.45, 7) is 1.72. The second-order valence-corrected chi connectivity index (χ2v) is 8.13. The fourth-order valence-corrected chi connectivity index (χ4v) is 3.79. The molecule has 2 aromatic carbocycles. The van der Waals surface area contributed by atoms with Crippen LogP contribution in [-0.4, -0.2) is 34.7 Å². The summed E-state index contributed by atoms with van der Waals surface area (Å²) in [6, 6.07) is 12.1. The molecule has 2 N–H and O–H groups in total. The minimum absolute atomic E-state index is 0.0617. The molecule has 3 rings (SSSR count). The smallest absolute Gasteiger partial charge is 0.262 e. The zero-order chi connectivity index (χ0) is 20.1. The Labute approximate surface area is 164 Å². The summed E-state index contributed by atoms with van der Waals surface area (Å²) in [5, 5.41) is 22.0. The Morgan fingerprint density at radius 3 is 2.64 bits per heavy atom. The van der Waals surface area contributed by atoms with Crippen LogP contribution >= 0.6 is 11.8 Å². The second-order valence-electron chi connectivity index (χ2n) is 5.46. The lowest BCUT2D eigenvalue weighted by Gasteiger charge is -2.03. The molecule has 0 radical (unpaired) electrons. The van der Waals surface area contributed by atoms with Crippen LogP contribution < -0.4 is 4.83 Å². The van der Waals surface area contributed by atoms with E-state index >= 15 is 0 Å². The lowest BCUT2D eigenvalue weighted by molar-refractivity contribution is -0.387. The van der Waals surface area contributed by atoms with Crippen molar-refractivity contribution in [3.63, 3.8) is 0 Å². The first-order valence-corrected chi connectivity index (χ1v) is 10.1. The molecular weight excluding hydrogens is 404 g/mol. The molecule has 0 aliphatic rings. The number of sulfonamides is 1. The molecule has 0 aliphatic carbocycles. The average molecular weight is 418 g/mol. The maximum atomic E-state index is 12.1. The van der Waals surface area contributed by atoms with Crippen LogP contribution in [0.5, 0.6) is 0 Å². The Morgan fingerprint density at radius 1 is 1.25 bits per heavy atom. The van der Waals surface area contributed by atoms with Gasteiger partial charge < -0.3 is 0 Å². The van der Waals surface area contributed by atoms with Crippen LogP contribution in [0.3, 0.4) is 0 Å². The quantitative estimate of drug-likeness (QED) is 0.341. The number of aryl methyl sites for hydroxylation is 1. The van der Waals surface area contributed by atoms with E-state index in [1.807, 2.05) is 0 Å². The van der Waals surface area contributed by atoms with Crippen LogP contribution in [0, 0.1) is 17.0 Å². The second kappa shape index (κ2) is 8.19. The van der Waals surface area contributed by atoms with E-state index in [1.165, 1.54) is 30.5 Å². The summed E-state index contributed by atoms with van der Waals surface area (Å²) in [6.07, 6.45) is 1.19. The van der Waals surface area contributed by atoms with E-state index in [-0.39, 0.29) is 10.6 Å². The zero-order valence-corrected chi connectivity index (χ0v) is 16.1. The van der Waals surface area contributed by atoms with Crippen molar-refractivity contribution >= 4 is 33.7 Å². The summed E-state index contributed by atoms with van der Waals surface area (Å²) in [7, 11) is -3.81. The molecule has 0 spiro atoms. The van der Waals surface area contributed by atoms with Crippen LogP contribution in [0.1, 0.15) is 11.4 Å². The molecule has 0 saturated heterocycles. The number of nitro groups is 1. The van der Waals surface area contributed by atoms with E-state index in [9.17, 15) is 18.5 Å². The predicted molar refractivity (Wildman–Crippen MR) is 103 cm³/mol. The number of nitrogens with zero attached hydrogens (tertiary/aromatic N) is 4. The number of hydrogen-bond acceptors (Lipinski definition) is 8. The van der Waals surface area contributed by atoms with Crippen molar-refractivity contribution in [2.45, 2.75) is 21.9 Å². The predicted octanol–water partition coefficient (Wildman–Crippen LogP) is 2.48. The monoisotopic (exact) mass is 418 g/mol. The van der Waals surface area contributed by atoms with Gasteiger partial charge in [0.05, 0.1) is 20.9 Å². The number of H-pyrrole nitrogens is 1. The van der Waals surface area contributed by atoms with Gasteiger partial charge in [-0.1, -0.05) is 24.3 Å². The molecule has 1 heterocycles. The third kappa shape index (κ3) is 4.72. The fraction of sp³-hybridized carbons (Fsp3) is 0.0625. The van der Waals surface area contributed by atoms with Crippen LogP contribution in [0.25, 0.3) is 0 Å². The molecule has 28 heavy (non-hydrogen) atoms. The van der Waals surface area contributed by atoms with Crippen LogP contribution in [0.4, 0.5) is 5.69 Å². The van der Waals surface area contributed by atoms with Gasteiger partial charge in [-0.3, -0.25) is 15.2 Å². The van der Waals surface area contributed by atoms with Gasteiger partial charge in [0.1, 0.15) is 5.82 Å². The highest BCUT2D eigenvalue weighted by atomic mass is 32.2. The fourth-order valence-electron chi connectivity index (χ4n) is 2.13. The lowest BCUT2D eigenvalue weighted by Crippen LogP contribution is -2.18. The summed E-state index contributed by atoms with van der Waals surface area (Å²) in [5.74, 6) is 0.597. The van der Waals surface area contributed by atoms with Gasteiger partial charge in [-0.05, 0) is 36.9 Å². The first-order valence-electron chi connectivity index (χ1n) is 7.80. The maximum absolute atomic E-state index is 12.1. The largest absolute Gasteiger partial charge is 0.283 e. The number of aromatic amines is 1. The molecule has 0 fully saturated rings.